The van der Waals surface area contributed by atoms with E-state index >= 15 is 0 Å². The Labute approximate surface area is 210 Å². The molecule has 3 heterocycles. The topological polar surface area (TPSA) is 67.6 Å². The fourth-order valence-corrected chi connectivity index (χ4v) is 5.51. The molecule has 1 fully saturated rings. The molecule has 1 aliphatic rings. The summed E-state index contributed by atoms with van der Waals surface area (Å²) in [5, 5.41) is 10.3. The first kappa shape index (κ1) is 25.3. The van der Waals surface area contributed by atoms with Gasteiger partial charge in [-0.05, 0) is 58.6 Å². The van der Waals surface area contributed by atoms with E-state index in [0.717, 1.165) is 65.4 Å². The van der Waals surface area contributed by atoms with E-state index < -0.39 is 8.07 Å². The standard InChI is InChI=1S/C25H34BrN3O4Si/c1-30-17-33-23-10-6-5-9-19(23)22-15-21-20(14-18-8-7-11-32-18)24(26)29(25(21)28-27-22)16-31-12-13-34(2,3)4/h5-6,9-10,15,18H,7-8,11-14,16-17H2,1-4H3. The number of hydrogen-bond acceptors (Lipinski definition) is 6. The minimum atomic E-state index is -1.15. The molecule has 1 atom stereocenters. The largest absolute Gasteiger partial charge is 0.467 e. The third kappa shape index (κ3) is 6.06. The molecule has 0 bridgehead atoms. The van der Waals surface area contributed by atoms with Gasteiger partial charge >= 0.3 is 0 Å². The number of nitrogens with zero attached hydrogens (tertiary/aromatic N) is 3. The Balaban J connectivity index is 1.69. The van der Waals surface area contributed by atoms with Crippen molar-refractivity contribution < 1.29 is 18.9 Å². The predicted molar refractivity (Wildman–Crippen MR) is 140 cm³/mol. The number of halogens is 1. The van der Waals surface area contributed by atoms with Gasteiger partial charge in [0.05, 0.1) is 16.4 Å². The Hall–Kier alpha value is -1.78. The van der Waals surface area contributed by atoms with Crippen LogP contribution in [0.15, 0.2) is 34.9 Å². The van der Waals surface area contributed by atoms with Gasteiger partial charge in [0.25, 0.3) is 0 Å². The zero-order valence-electron chi connectivity index (χ0n) is 20.5. The van der Waals surface area contributed by atoms with Crippen LogP contribution >= 0.6 is 15.9 Å². The summed E-state index contributed by atoms with van der Waals surface area (Å²) in [5.41, 5.74) is 3.64. The van der Waals surface area contributed by atoms with Crippen LogP contribution in [-0.2, 0) is 27.4 Å². The minimum Gasteiger partial charge on any atom is -0.467 e. The predicted octanol–water partition coefficient (Wildman–Crippen LogP) is 5.88. The van der Waals surface area contributed by atoms with Crippen LogP contribution in [0.5, 0.6) is 5.75 Å². The first-order chi connectivity index (χ1) is 16.4. The molecule has 1 saturated heterocycles. The number of ether oxygens (including phenoxy) is 4. The van der Waals surface area contributed by atoms with E-state index in [1.165, 1.54) is 5.56 Å². The summed E-state index contributed by atoms with van der Waals surface area (Å²) in [4.78, 5) is 0. The van der Waals surface area contributed by atoms with Crippen LogP contribution in [0.3, 0.4) is 0 Å². The quantitative estimate of drug-likeness (QED) is 0.170. The molecule has 34 heavy (non-hydrogen) atoms. The van der Waals surface area contributed by atoms with Crippen molar-refractivity contribution >= 4 is 35.0 Å². The maximum atomic E-state index is 6.08. The van der Waals surface area contributed by atoms with Gasteiger partial charge in [-0.3, -0.25) is 4.57 Å². The van der Waals surface area contributed by atoms with Crippen molar-refractivity contribution in [1.82, 2.24) is 14.8 Å². The van der Waals surface area contributed by atoms with Gasteiger partial charge in [0.1, 0.15) is 12.5 Å². The molecule has 0 amide bonds. The van der Waals surface area contributed by atoms with Gasteiger partial charge in [-0.25, -0.2) is 0 Å². The monoisotopic (exact) mass is 547 g/mol. The highest BCUT2D eigenvalue weighted by molar-refractivity contribution is 9.10. The SMILES string of the molecule is COCOc1ccccc1-c1cc2c(CC3CCCO3)c(Br)n(COCC[Si](C)(C)C)c2nn1. The number of aromatic nitrogens is 3. The molecule has 0 radical (unpaired) electrons. The van der Waals surface area contributed by atoms with Crippen LogP contribution in [-0.4, -0.2) is 56.1 Å². The molecule has 0 aliphatic carbocycles. The van der Waals surface area contributed by atoms with Gasteiger partial charge in [-0.15, -0.1) is 10.2 Å². The molecule has 3 aromatic rings. The molecule has 1 aliphatic heterocycles. The van der Waals surface area contributed by atoms with Gasteiger partial charge < -0.3 is 18.9 Å². The van der Waals surface area contributed by atoms with E-state index in [9.17, 15) is 0 Å². The summed E-state index contributed by atoms with van der Waals surface area (Å²) in [6, 6.07) is 11.1. The number of para-hydroxylation sites is 1. The van der Waals surface area contributed by atoms with E-state index in [-0.39, 0.29) is 12.9 Å². The maximum absolute atomic E-state index is 6.08. The van der Waals surface area contributed by atoms with E-state index in [1.807, 2.05) is 24.3 Å². The van der Waals surface area contributed by atoms with Crippen molar-refractivity contribution in [3.05, 3.63) is 40.5 Å². The first-order valence-electron chi connectivity index (χ1n) is 11.8. The Kier molecular flexibility index (Phi) is 8.42. The van der Waals surface area contributed by atoms with E-state index in [0.29, 0.717) is 12.5 Å². The summed E-state index contributed by atoms with van der Waals surface area (Å²) in [5.74, 6) is 0.715. The first-order valence-corrected chi connectivity index (χ1v) is 16.3. The summed E-state index contributed by atoms with van der Waals surface area (Å²) in [6.07, 6.45) is 3.23. The highest BCUT2D eigenvalue weighted by Crippen LogP contribution is 2.36. The minimum absolute atomic E-state index is 0.174. The highest BCUT2D eigenvalue weighted by Gasteiger charge is 2.24. The second-order valence-corrected chi connectivity index (χ2v) is 16.3. The van der Waals surface area contributed by atoms with Crippen LogP contribution < -0.4 is 4.74 Å². The lowest BCUT2D eigenvalue weighted by molar-refractivity contribution is 0.0515. The lowest BCUT2D eigenvalue weighted by atomic mass is 10.0. The van der Waals surface area contributed by atoms with Crippen LogP contribution in [0, 0.1) is 0 Å². The molecular formula is C25H34BrN3O4Si. The summed E-state index contributed by atoms with van der Waals surface area (Å²) < 4.78 is 26.0. The average Bonchev–Trinajstić information content (AvgIpc) is 3.42. The normalized spacial score (nSPS) is 16.4. The second-order valence-electron chi connectivity index (χ2n) is 9.90. The lowest BCUT2D eigenvalue weighted by Gasteiger charge is -2.16. The summed E-state index contributed by atoms with van der Waals surface area (Å²) in [7, 11) is 0.455. The van der Waals surface area contributed by atoms with Gasteiger partial charge in [-0.1, -0.05) is 31.8 Å². The van der Waals surface area contributed by atoms with Crippen LogP contribution in [0.4, 0.5) is 0 Å². The second kappa shape index (κ2) is 11.3. The van der Waals surface area contributed by atoms with Crippen molar-refractivity contribution in [1.29, 1.82) is 0 Å². The van der Waals surface area contributed by atoms with Gasteiger partial charge in [-0.2, -0.15) is 0 Å². The molecule has 7 nitrogen and oxygen atoms in total. The molecule has 2 aromatic heterocycles. The van der Waals surface area contributed by atoms with Crippen molar-refractivity contribution in [2.24, 2.45) is 0 Å². The zero-order valence-corrected chi connectivity index (χ0v) is 23.1. The van der Waals surface area contributed by atoms with Crippen molar-refractivity contribution in [2.45, 2.75) is 57.8 Å². The highest BCUT2D eigenvalue weighted by atomic mass is 79.9. The van der Waals surface area contributed by atoms with E-state index in [4.69, 9.17) is 18.9 Å². The van der Waals surface area contributed by atoms with Gasteiger partial charge in [0.2, 0.25) is 0 Å². The molecule has 184 valence electrons. The maximum Gasteiger partial charge on any atom is 0.188 e. The smallest absolute Gasteiger partial charge is 0.188 e. The van der Waals surface area contributed by atoms with Crippen LogP contribution in [0.1, 0.15) is 18.4 Å². The van der Waals surface area contributed by atoms with Crippen molar-refractivity contribution in [2.75, 3.05) is 27.1 Å². The lowest BCUT2D eigenvalue weighted by Crippen LogP contribution is -2.22. The molecule has 4 rings (SSSR count). The van der Waals surface area contributed by atoms with Gasteiger partial charge in [0.15, 0.2) is 12.4 Å². The molecule has 0 spiro atoms. The molecule has 1 unspecified atom stereocenters. The summed E-state index contributed by atoms with van der Waals surface area (Å²) in [6.45, 7) is 9.27. The molecule has 0 N–H and O–H groups in total. The number of fused-ring (bicyclic) bond motifs is 1. The van der Waals surface area contributed by atoms with Crippen LogP contribution in [0.25, 0.3) is 22.3 Å². The molecule has 1 aromatic carbocycles. The third-order valence-corrected chi connectivity index (χ3v) is 8.62. The Morgan fingerprint density at radius 1 is 1.21 bits per heavy atom. The number of rotatable bonds is 11. The fourth-order valence-electron chi connectivity index (χ4n) is 4.11. The van der Waals surface area contributed by atoms with Crippen molar-refractivity contribution in [3.8, 4) is 17.0 Å². The van der Waals surface area contributed by atoms with E-state index in [2.05, 4.69) is 56.4 Å². The van der Waals surface area contributed by atoms with E-state index in [1.54, 1.807) is 7.11 Å². The number of hydrogen-bond donors (Lipinski definition) is 0. The number of methoxy groups -OCH3 is 1. The zero-order chi connectivity index (χ0) is 24.1. The van der Waals surface area contributed by atoms with Crippen LogP contribution in [0.2, 0.25) is 25.7 Å². The third-order valence-electron chi connectivity index (χ3n) is 6.01. The fraction of sp³-hybridized carbons (Fsp3) is 0.520. The number of benzene rings is 1. The Morgan fingerprint density at radius 3 is 2.76 bits per heavy atom. The molecule has 0 saturated carbocycles. The Bertz CT molecular complexity index is 1110. The summed E-state index contributed by atoms with van der Waals surface area (Å²) >= 11 is 3.85. The molecular weight excluding hydrogens is 514 g/mol. The van der Waals surface area contributed by atoms with Crippen molar-refractivity contribution in [3.63, 3.8) is 0 Å². The molecule has 9 heteroatoms. The Morgan fingerprint density at radius 2 is 2.03 bits per heavy atom. The average molecular weight is 549 g/mol. The van der Waals surface area contributed by atoms with Gasteiger partial charge in [0, 0.05) is 45.8 Å².